The Bertz CT molecular complexity index is 1240. The predicted octanol–water partition coefficient (Wildman–Crippen LogP) is 4.52. The second-order valence-electron chi connectivity index (χ2n) is 7.24. The van der Waals surface area contributed by atoms with Crippen molar-refractivity contribution in [3.8, 4) is 5.75 Å². The second-order valence-corrected chi connectivity index (χ2v) is 8.16. The zero-order valence-electron chi connectivity index (χ0n) is 17.4. The number of amides is 1. The molecule has 8 heteroatoms. The van der Waals surface area contributed by atoms with Crippen LogP contribution in [0.3, 0.4) is 0 Å². The summed E-state index contributed by atoms with van der Waals surface area (Å²) in [5.74, 6) is 1.73. The second kappa shape index (κ2) is 9.18. The molecule has 3 heterocycles. The van der Waals surface area contributed by atoms with E-state index in [0.717, 1.165) is 17.7 Å². The number of H-pyrrole nitrogens is 1. The van der Waals surface area contributed by atoms with Crippen molar-refractivity contribution in [1.29, 1.82) is 0 Å². The monoisotopic (exact) mass is 437 g/mol. The van der Waals surface area contributed by atoms with Crippen LogP contribution in [0.4, 0.5) is 0 Å². The number of thiophene rings is 1. The molecule has 31 heavy (non-hydrogen) atoms. The number of hydrogen-bond donors (Lipinski definition) is 1. The number of aryl methyl sites for hydroxylation is 1. The molecule has 0 atom stereocenters. The van der Waals surface area contributed by atoms with Crippen LogP contribution in [0.15, 0.2) is 57.1 Å². The molecular formula is C23H23N3O4S. The number of furan rings is 1. The Morgan fingerprint density at radius 1 is 1.19 bits per heavy atom. The fraction of sp³-hybridized carbons (Fsp3) is 0.261. The minimum absolute atomic E-state index is 0.188. The van der Waals surface area contributed by atoms with Crippen molar-refractivity contribution >= 4 is 27.5 Å². The molecule has 0 aliphatic heterocycles. The highest BCUT2D eigenvalue weighted by atomic mass is 32.1. The van der Waals surface area contributed by atoms with E-state index in [9.17, 15) is 9.59 Å². The van der Waals surface area contributed by atoms with Gasteiger partial charge < -0.3 is 19.0 Å². The SMILES string of the molecule is CCCN(Cc1nc2ccsc2c(=O)[nH]1)C(=O)c1ccc(COc2ccc(C)cc2)o1. The summed E-state index contributed by atoms with van der Waals surface area (Å²) in [6.45, 7) is 4.94. The molecule has 1 aromatic carbocycles. The maximum Gasteiger partial charge on any atom is 0.289 e. The molecule has 1 amide bonds. The Balaban J connectivity index is 1.46. The lowest BCUT2D eigenvalue weighted by Crippen LogP contribution is -2.32. The van der Waals surface area contributed by atoms with E-state index in [2.05, 4.69) is 9.97 Å². The van der Waals surface area contributed by atoms with E-state index in [1.165, 1.54) is 11.3 Å². The van der Waals surface area contributed by atoms with E-state index in [0.29, 0.717) is 28.3 Å². The Kier molecular flexibility index (Phi) is 6.18. The maximum atomic E-state index is 13.0. The molecule has 0 aliphatic carbocycles. The van der Waals surface area contributed by atoms with Gasteiger partial charge in [0.1, 0.15) is 28.6 Å². The van der Waals surface area contributed by atoms with Crippen LogP contribution in [-0.2, 0) is 13.2 Å². The Morgan fingerprint density at radius 2 is 2.00 bits per heavy atom. The molecule has 0 aliphatic rings. The number of hydrogen-bond acceptors (Lipinski definition) is 6. The Labute approximate surface area is 183 Å². The number of rotatable bonds is 8. The van der Waals surface area contributed by atoms with Gasteiger partial charge in [0.05, 0.1) is 12.1 Å². The van der Waals surface area contributed by atoms with E-state index in [4.69, 9.17) is 9.15 Å². The molecule has 3 aromatic heterocycles. The van der Waals surface area contributed by atoms with E-state index in [-0.39, 0.29) is 30.4 Å². The van der Waals surface area contributed by atoms with Gasteiger partial charge in [-0.25, -0.2) is 4.98 Å². The van der Waals surface area contributed by atoms with Crippen molar-refractivity contribution in [1.82, 2.24) is 14.9 Å². The molecule has 4 aromatic rings. The summed E-state index contributed by atoms with van der Waals surface area (Å²) in [6.07, 6.45) is 0.765. The van der Waals surface area contributed by atoms with Gasteiger partial charge in [-0.15, -0.1) is 11.3 Å². The van der Waals surface area contributed by atoms with Crippen molar-refractivity contribution in [2.24, 2.45) is 0 Å². The van der Waals surface area contributed by atoms with Gasteiger partial charge in [-0.05, 0) is 49.1 Å². The van der Waals surface area contributed by atoms with Gasteiger partial charge in [-0.3, -0.25) is 9.59 Å². The van der Waals surface area contributed by atoms with Gasteiger partial charge >= 0.3 is 0 Å². The van der Waals surface area contributed by atoms with Crippen LogP contribution in [0.5, 0.6) is 5.75 Å². The van der Waals surface area contributed by atoms with Gasteiger partial charge in [0, 0.05) is 6.54 Å². The summed E-state index contributed by atoms with van der Waals surface area (Å²) in [5, 5.41) is 1.83. The lowest BCUT2D eigenvalue weighted by Gasteiger charge is -2.20. The minimum atomic E-state index is -0.253. The third-order valence-electron chi connectivity index (χ3n) is 4.76. The van der Waals surface area contributed by atoms with Crippen LogP contribution >= 0.6 is 11.3 Å². The number of nitrogens with one attached hydrogen (secondary N) is 1. The van der Waals surface area contributed by atoms with E-state index in [1.54, 1.807) is 23.1 Å². The normalized spacial score (nSPS) is 11.0. The minimum Gasteiger partial charge on any atom is -0.486 e. The molecule has 7 nitrogen and oxygen atoms in total. The van der Waals surface area contributed by atoms with Crippen LogP contribution in [-0.4, -0.2) is 27.3 Å². The van der Waals surface area contributed by atoms with Crippen molar-refractivity contribution in [3.63, 3.8) is 0 Å². The van der Waals surface area contributed by atoms with Gasteiger partial charge in [0.15, 0.2) is 5.76 Å². The number of ether oxygens (including phenoxy) is 1. The lowest BCUT2D eigenvalue weighted by molar-refractivity contribution is 0.0702. The Hall–Kier alpha value is -3.39. The first-order valence-electron chi connectivity index (χ1n) is 10.1. The maximum absolute atomic E-state index is 13.0. The number of nitrogens with zero attached hydrogens (tertiary/aromatic N) is 2. The molecule has 160 valence electrons. The summed E-state index contributed by atoms with van der Waals surface area (Å²) < 4.78 is 12.0. The van der Waals surface area contributed by atoms with Crippen LogP contribution < -0.4 is 10.3 Å². The van der Waals surface area contributed by atoms with Crippen LogP contribution in [0.1, 0.15) is 41.0 Å². The van der Waals surface area contributed by atoms with Crippen molar-refractivity contribution in [2.45, 2.75) is 33.4 Å². The third kappa shape index (κ3) is 4.86. The van der Waals surface area contributed by atoms with E-state index >= 15 is 0 Å². The number of carbonyl (C=O) groups is 1. The molecule has 0 bridgehead atoms. The zero-order valence-corrected chi connectivity index (χ0v) is 18.2. The van der Waals surface area contributed by atoms with Crippen LogP contribution in [0, 0.1) is 6.92 Å². The molecule has 4 rings (SSSR count). The summed E-state index contributed by atoms with van der Waals surface area (Å²) in [5.41, 5.74) is 1.61. The van der Waals surface area contributed by atoms with Gasteiger partial charge in [-0.2, -0.15) is 0 Å². The van der Waals surface area contributed by atoms with Gasteiger partial charge in [0.25, 0.3) is 11.5 Å². The Morgan fingerprint density at radius 3 is 2.77 bits per heavy atom. The number of aromatic amines is 1. The topological polar surface area (TPSA) is 88.4 Å². The number of carbonyl (C=O) groups excluding carboxylic acids is 1. The van der Waals surface area contributed by atoms with Crippen molar-refractivity contribution in [2.75, 3.05) is 6.54 Å². The summed E-state index contributed by atoms with van der Waals surface area (Å²) in [6, 6.07) is 12.9. The summed E-state index contributed by atoms with van der Waals surface area (Å²) in [7, 11) is 0. The first-order valence-corrected chi connectivity index (χ1v) is 11.0. The largest absolute Gasteiger partial charge is 0.486 e. The number of benzene rings is 1. The van der Waals surface area contributed by atoms with E-state index < -0.39 is 0 Å². The van der Waals surface area contributed by atoms with Gasteiger partial charge in [0.2, 0.25) is 0 Å². The van der Waals surface area contributed by atoms with Crippen LogP contribution in [0.25, 0.3) is 10.2 Å². The standard InChI is InChI=1S/C23H23N3O4S/c1-3-11-26(13-20-24-18-10-12-31-21(18)22(27)25-20)23(28)19-9-8-17(30-19)14-29-16-6-4-15(2)5-7-16/h4-10,12H,3,11,13-14H2,1-2H3,(H,24,25,27). The fourth-order valence-electron chi connectivity index (χ4n) is 3.21. The summed E-state index contributed by atoms with van der Waals surface area (Å²) in [4.78, 5) is 34.1. The smallest absolute Gasteiger partial charge is 0.289 e. The molecule has 0 saturated heterocycles. The molecule has 0 saturated carbocycles. The first kappa shape index (κ1) is 20.9. The zero-order chi connectivity index (χ0) is 21.8. The average Bonchev–Trinajstić information content (AvgIpc) is 3.42. The lowest BCUT2D eigenvalue weighted by atomic mass is 10.2. The van der Waals surface area contributed by atoms with E-state index in [1.807, 2.05) is 43.5 Å². The summed E-state index contributed by atoms with van der Waals surface area (Å²) >= 11 is 1.35. The van der Waals surface area contributed by atoms with Gasteiger partial charge in [-0.1, -0.05) is 24.6 Å². The molecular weight excluding hydrogens is 414 g/mol. The van der Waals surface area contributed by atoms with Crippen molar-refractivity contribution in [3.05, 3.63) is 81.1 Å². The number of fused-ring (bicyclic) bond motifs is 1. The van der Waals surface area contributed by atoms with Crippen molar-refractivity contribution < 1.29 is 13.9 Å². The molecule has 0 radical (unpaired) electrons. The molecule has 1 N–H and O–H groups in total. The highest BCUT2D eigenvalue weighted by Gasteiger charge is 2.20. The first-order chi connectivity index (χ1) is 15.0. The highest BCUT2D eigenvalue weighted by molar-refractivity contribution is 7.17. The molecule has 0 spiro atoms. The number of aromatic nitrogens is 2. The fourth-order valence-corrected chi connectivity index (χ4v) is 3.94. The predicted molar refractivity (Wildman–Crippen MR) is 119 cm³/mol. The average molecular weight is 438 g/mol. The quantitative estimate of drug-likeness (QED) is 0.438. The molecule has 0 fully saturated rings. The van der Waals surface area contributed by atoms with Crippen LogP contribution in [0.2, 0.25) is 0 Å². The molecule has 0 unspecified atom stereocenters. The third-order valence-corrected chi connectivity index (χ3v) is 5.66. The highest BCUT2D eigenvalue weighted by Crippen LogP contribution is 2.18.